The van der Waals surface area contributed by atoms with Crippen LogP contribution in [0, 0.1) is 0 Å². The number of carbonyl (C=O) groups is 1. The maximum atomic E-state index is 10.5. The van der Waals surface area contributed by atoms with Crippen LogP contribution in [0.5, 0.6) is 0 Å². The summed E-state index contributed by atoms with van der Waals surface area (Å²) in [6, 6.07) is 8.72. The molecule has 0 aliphatic carbocycles. The number of carboxylic acid groups (broad SMARTS) is 1. The second kappa shape index (κ2) is 6.78. The zero-order valence-electron chi connectivity index (χ0n) is 11.1. The lowest BCUT2D eigenvalue weighted by molar-refractivity contribution is -0.131. The number of hydrogen-bond donors (Lipinski definition) is 1. The normalized spacial score (nSPS) is 19.4. The van der Waals surface area contributed by atoms with E-state index in [4.69, 9.17) is 5.11 Å². The molecule has 1 heterocycles. The van der Waals surface area contributed by atoms with Gasteiger partial charge in [0, 0.05) is 24.4 Å². The topological polar surface area (TPSA) is 40.5 Å². The van der Waals surface area contributed by atoms with Crippen LogP contribution in [-0.4, -0.2) is 40.6 Å². The largest absolute Gasteiger partial charge is 0.478 e. The molecule has 1 N–H and O–H groups in total. The van der Waals surface area contributed by atoms with Gasteiger partial charge in [-0.05, 0) is 36.4 Å². The van der Waals surface area contributed by atoms with Gasteiger partial charge in [0.25, 0.3) is 0 Å². The van der Waals surface area contributed by atoms with E-state index in [1.165, 1.54) is 29.6 Å². The highest BCUT2D eigenvalue weighted by Crippen LogP contribution is 2.22. The van der Waals surface area contributed by atoms with Gasteiger partial charge in [0.1, 0.15) is 0 Å². The van der Waals surface area contributed by atoms with E-state index >= 15 is 0 Å². The summed E-state index contributed by atoms with van der Waals surface area (Å²) in [6.45, 7) is 0.917. The molecule has 4 heteroatoms. The Morgan fingerprint density at radius 2 is 2.42 bits per heavy atom. The van der Waals surface area contributed by atoms with Gasteiger partial charge in [0.05, 0.1) is 0 Å². The van der Waals surface area contributed by atoms with Gasteiger partial charge in [-0.1, -0.05) is 24.3 Å². The third kappa shape index (κ3) is 4.40. The quantitative estimate of drug-likeness (QED) is 0.840. The summed E-state index contributed by atoms with van der Waals surface area (Å²) in [5.41, 5.74) is 2.17. The molecule has 1 aliphatic rings. The maximum absolute atomic E-state index is 10.5. The van der Waals surface area contributed by atoms with Crippen molar-refractivity contribution in [2.75, 3.05) is 18.6 Å². The molecule has 2 rings (SSSR count). The second-order valence-electron chi connectivity index (χ2n) is 4.85. The molecule has 19 heavy (non-hydrogen) atoms. The van der Waals surface area contributed by atoms with Crippen LogP contribution in [0.3, 0.4) is 0 Å². The van der Waals surface area contributed by atoms with Crippen LogP contribution in [0.1, 0.15) is 17.5 Å². The molecule has 0 spiro atoms. The number of nitrogens with zero attached hydrogens (tertiary/aromatic N) is 1. The highest BCUT2D eigenvalue weighted by Gasteiger charge is 2.19. The van der Waals surface area contributed by atoms with E-state index in [1.54, 1.807) is 6.08 Å². The summed E-state index contributed by atoms with van der Waals surface area (Å²) in [5, 5.41) is 8.64. The zero-order valence-corrected chi connectivity index (χ0v) is 11.9. The van der Waals surface area contributed by atoms with Crippen LogP contribution in [0.15, 0.2) is 30.3 Å². The van der Waals surface area contributed by atoms with E-state index in [-0.39, 0.29) is 0 Å². The van der Waals surface area contributed by atoms with Crippen molar-refractivity contribution in [3.05, 3.63) is 41.5 Å². The van der Waals surface area contributed by atoms with Crippen LogP contribution in [0.25, 0.3) is 6.08 Å². The smallest absolute Gasteiger partial charge is 0.328 e. The fourth-order valence-electron chi connectivity index (χ4n) is 2.25. The van der Waals surface area contributed by atoms with Crippen molar-refractivity contribution in [3.63, 3.8) is 0 Å². The first-order valence-corrected chi connectivity index (χ1v) is 7.58. The van der Waals surface area contributed by atoms with Gasteiger partial charge < -0.3 is 5.11 Å². The Bertz CT molecular complexity index is 467. The van der Waals surface area contributed by atoms with Crippen molar-refractivity contribution in [1.82, 2.24) is 4.90 Å². The first kappa shape index (κ1) is 14.2. The maximum Gasteiger partial charge on any atom is 0.328 e. The molecule has 1 aromatic rings. The summed E-state index contributed by atoms with van der Waals surface area (Å²) in [7, 11) is 2.16. The van der Waals surface area contributed by atoms with Crippen molar-refractivity contribution < 1.29 is 9.90 Å². The molecule has 1 fully saturated rings. The number of benzene rings is 1. The minimum Gasteiger partial charge on any atom is -0.478 e. The minimum atomic E-state index is -0.912. The van der Waals surface area contributed by atoms with E-state index in [0.29, 0.717) is 6.04 Å². The fourth-order valence-corrected chi connectivity index (χ4v) is 3.55. The van der Waals surface area contributed by atoms with E-state index in [2.05, 4.69) is 24.1 Å². The van der Waals surface area contributed by atoms with Crippen molar-refractivity contribution in [2.45, 2.75) is 19.0 Å². The number of carboxylic acids is 1. The van der Waals surface area contributed by atoms with Gasteiger partial charge in [-0.2, -0.15) is 11.8 Å². The van der Waals surface area contributed by atoms with Crippen molar-refractivity contribution in [1.29, 1.82) is 0 Å². The lowest BCUT2D eigenvalue weighted by atomic mass is 10.1. The predicted octanol–water partition coefficient (Wildman–Crippen LogP) is 2.72. The SMILES string of the molecule is CN(Cc1cccc(/C=C/C(=O)O)c1)C1CCSC1. The average Bonchev–Trinajstić information content (AvgIpc) is 2.91. The van der Waals surface area contributed by atoms with Crippen LogP contribution in [-0.2, 0) is 11.3 Å². The molecule has 0 saturated carbocycles. The van der Waals surface area contributed by atoms with Crippen molar-refractivity contribution in [3.8, 4) is 0 Å². The van der Waals surface area contributed by atoms with Crippen molar-refractivity contribution >= 4 is 23.8 Å². The molecular formula is C15H19NO2S. The molecule has 0 aromatic heterocycles. The Balaban J connectivity index is 2.00. The summed E-state index contributed by atoms with van der Waals surface area (Å²) in [6.07, 6.45) is 4.08. The number of rotatable bonds is 5. The number of thioether (sulfide) groups is 1. The van der Waals surface area contributed by atoms with Crippen LogP contribution in [0.2, 0.25) is 0 Å². The molecule has 3 nitrogen and oxygen atoms in total. The van der Waals surface area contributed by atoms with E-state index in [0.717, 1.165) is 12.1 Å². The Morgan fingerprint density at radius 1 is 1.58 bits per heavy atom. The van der Waals surface area contributed by atoms with Gasteiger partial charge in [-0.3, -0.25) is 4.90 Å². The molecule has 0 bridgehead atoms. The third-order valence-corrected chi connectivity index (χ3v) is 4.48. The molecule has 1 aromatic carbocycles. The van der Waals surface area contributed by atoms with Gasteiger partial charge in [0.15, 0.2) is 0 Å². The molecule has 102 valence electrons. The highest BCUT2D eigenvalue weighted by atomic mass is 32.2. The number of aliphatic carboxylic acids is 1. The second-order valence-corrected chi connectivity index (χ2v) is 6.00. The van der Waals surface area contributed by atoms with Crippen LogP contribution < -0.4 is 0 Å². The molecular weight excluding hydrogens is 258 g/mol. The van der Waals surface area contributed by atoms with Gasteiger partial charge in [0.2, 0.25) is 0 Å². The number of hydrogen-bond acceptors (Lipinski definition) is 3. The lowest BCUT2D eigenvalue weighted by Gasteiger charge is -2.23. The van der Waals surface area contributed by atoms with Gasteiger partial charge >= 0.3 is 5.97 Å². The van der Waals surface area contributed by atoms with Gasteiger partial charge in [-0.15, -0.1) is 0 Å². The Morgan fingerprint density at radius 3 is 3.11 bits per heavy atom. The summed E-state index contributed by atoms with van der Waals surface area (Å²) >= 11 is 2.02. The molecule has 1 aliphatic heterocycles. The summed E-state index contributed by atoms with van der Waals surface area (Å²) < 4.78 is 0. The van der Waals surface area contributed by atoms with E-state index in [9.17, 15) is 4.79 Å². The zero-order chi connectivity index (χ0) is 13.7. The molecule has 1 saturated heterocycles. The molecule has 1 unspecified atom stereocenters. The van der Waals surface area contributed by atoms with Crippen molar-refractivity contribution in [2.24, 2.45) is 0 Å². The molecule has 0 amide bonds. The standard InChI is InChI=1S/C15H19NO2S/c1-16(14-7-8-19-11-14)10-13-4-2-3-12(9-13)5-6-15(17)18/h2-6,9,14H,7-8,10-11H2,1H3,(H,17,18)/b6-5+. The highest BCUT2D eigenvalue weighted by molar-refractivity contribution is 7.99. The fraction of sp³-hybridized carbons (Fsp3) is 0.400. The Hall–Kier alpha value is -1.26. The van der Waals surface area contributed by atoms with E-state index in [1.807, 2.05) is 23.9 Å². The van der Waals surface area contributed by atoms with Crippen LogP contribution >= 0.6 is 11.8 Å². The van der Waals surface area contributed by atoms with Gasteiger partial charge in [-0.25, -0.2) is 4.79 Å². The first-order chi connectivity index (χ1) is 9.15. The Kier molecular flexibility index (Phi) is 5.05. The monoisotopic (exact) mass is 277 g/mol. The first-order valence-electron chi connectivity index (χ1n) is 6.43. The minimum absolute atomic E-state index is 0.670. The molecule has 0 radical (unpaired) electrons. The van der Waals surface area contributed by atoms with Crippen LogP contribution in [0.4, 0.5) is 0 Å². The predicted molar refractivity (Wildman–Crippen MR) is 80.3 cm³/mol. The Labute approximate surface area is 118 Å². The third-order valence-electron chi connectivity index (χ3n) is 3.33. The van der Waals surface area contributed by atoms with E-state index < -0.39 is 5.97 Å². The average molecular weight is 277 g/mol. The summed E-state index contributed by atoms with van der Waals surface area (Å²) in [4.78, 5) is 12.9. The molecule has 1 atom stereocenters. The summed E-state index contributed by atoms with van der Waals surface area (Å²) in [5.74, 6) is 1.57. The lowest BCUT2D eigenvalue weighted by Crippen LogP contribution is -2.30.